The van der Waals surface area contributed by atoms with Gasteiger partial charge in [-0.1, -0.05) is 98.5 Å². The molecule has 4 heterocycles. The highest BCUT2D eigenvalue weighted by atomic mass is 16.5. The molecule has 2 amide bonds. The molecule has 3 aliphatic rings. The van der Waals surface area contributed by atoms with Crippen LogP contribution in [0.1, 0.15) is 80.0 Å². The Bertz CT molecular complexity index is 4010. The molecule has 472 valence electrons. The number of nitrogens with zero attached hydrogens (tertiary/aromatic N) is 9. The van der Waals surface area contributed by atoms with E-state index in [1.165, 1.54) is 30.4 Å². The summed E-state index contributed by atoms with van der Waals surface area (Å²) in [5.41, 5.74) is 9.46. The summed E-state index contributed by atoms with van der Waals surface area (Å²) in [5.74, 6) is 7.23. The van der Waals surface area contributed by atoms with E-state index in [2.05, 4.69) is 116 Å². The first kappa shape index (κ1) is 65.0. The minimum Gasteiger partial charge on any atom is -0.481 e. The van der Waals surface area contributed by atoms with Gasteiger partial charge in [-0.05, 0) is 161 Å². The van der Waals surface area contributed by atoms with Crippen LogP contribution in [0.25, 0.3) is 44.3 Å². The maximum atomic E-state index is 13.6. The van der Waals surface area contributed by atoms with Gasteiger partial charge in [-0.3, -0.25) is 23.6 Å². The summed E-state index contributed by atoms with van der Waals surface area (Å²) in [5, 5.41) is 7.68. The van der Waals surface area contributed by atoms with Crippen molar-refractivity contribution in [1.82, 2.24) is 43.6 Å². The second-order valence-electron chi connectivity index (χ2n) is 24.7. The number of piperazine rings is 2. The molecular weight excluding hydrogens is 1140 g/mol. The van der Waals surface area contributed by atoms with Gasteiger partial charge in [-0.15, -0.1) is 12.8 Å². The molecule has 0 bridgehead atoms. The van der Waals surface area contributed by atoms with Gasteiger partial charge >= 0.3 is 11.4 Å². The van der Waals surface area contributed by atoms with Crippen LogP contribution >= 0.6 is 0 Å². The zero-order chi connectivity index (χ0) is 63.8. The third kappa shape index (κ3) is 17.9. The van der Waals surface area contributed by atoms with Crippen LogP contribution < -0.4 is 31.5 Å². The number of anilines is 2. The molecule has 17 heteroatoms. The monoisotopic (exact) mass is 1220 g/mol. The highest BCUT2D eigenvalue weighted by Crippen LogP contribution is 2.41. The molecule has 11 rings (SSSR count). The van der Waals surface area contributed by atoms with Crippen molar-refractivity contribution < 1.29 is 19.1 Å². The Morgan fingerprint density at radius 3 is 1.57 bits per heavy atom. The first-order chi connectivity index (χ1) is 44.2. The SMILES string of the molecule is C#CCOc1ccc2c(c1)c(-c1ccc(C(C)C)cc1)nc(=O)n2Cc1cccc(NC(=O)CCCN2CCN(CCCN(C)C)CC2)c1.C#CCOc1ccc2c(c1)c(-c1ccc(C3CC3)cc1)nc(=O)n2Cc1cccc(NC(=O)CN2CCN(C)CC2)c1. The molecule has 91 heavy (non-hydrogen) atoms. The molecule has 1 saturated carbocycles. The van der Waals surface area contributed by atoms with Crippen molar-refractivity contribution in [2.45, 2.75) is 70.9 Å². The first-order valence-electron chi connectivity index (χ1n) is 31.9. The number of carbonyl (C=O) groups is 2. The number of terminal acetylenes is 2. The number of ether oxygens (including phenoxy) is 2. The van der Waals surface area contributed by atoms with Crippen molar-refractivity contribution in [2.24, 2.45) is 0 Å². The Kier molecular flexibility index (Phi) is 22.3. The van der Waals surface area contributed by atoms with E-state index in [4.69, 9.17) is 22.3 Å². The van der Waals surface area contributed by atoms with Crippen LogP contribution in [0.2, 0.25) is 0 Å². The van der Waals surface area contributed by atoms with Gasteiger partial charge in [0.25, 0.3) is 0 Å². The Morgan fingerprint density at radius 1 is 0.604 bits per heavy atom. The maximum absolute atomic E-state index is 13.6. The minimum atomic E-state index is -0.350. The number of aromatic nitrogens is 4. The zero-order valence-corrected chi connectivity index (χ0v) is 53.3. The molecule has 0 atom stereocenters. The first-order valence-corrected chi connectivity index (χ1v) is 31.9. The lowest BCUT2D eigenvalue weighted by atomic mass is 9.99. The Morgan fingerprint density at radius 2 is 1.09 bits per heavy atom. The number of amides is 2. The maximum Gasteiger partial charge on any atom is 0.348 e. The molecule has 2 aliphatic heterocycles. The summed E-state index contributed by atoms with van der Waals surface area (Å²) in [6.07, 6.45) is 15.8. The smallest absolute Gasteiger partial charge is 0.348 e. The van der Waals surface area contributed by atoms with Crippen molar-refractivity contribution >= 4 is 45.0 Å². The van der Waals surface area contributed by atoms with Crippen LogP contribution in [-0.4, -0.2) is 168 Å². The highest BCUT2D eigenvalue weighted by molar-refractivity contribution is 5.95. The molecule has 3 fully saturated rings. The van der Waals surface area contributed by atoms with Crippen molar-refractivity contribution in [3.8, 4) is 58.7 Å². The van der Waals surface area contributed by atoms with E-state index in [1.54, 1.807) is 9.13 Å². The van der Waals surface area contributed by atoms with Crippen LogP contribution in [-0.2, 0) is 22.7 Å². The lowest BCUT2D eigenvalue weighted by Crippen LogP contribution is -2.47. The number of fused-ring (bicyclic) bond motifs is 2. The third-order valence-corrected chi connectivity index (χ3v) is 17.1. The van der Waals surface area contributed by atoms with Gasteiger partial charge in [0.1, 0.15) is 24.7 Å². The Balaban J connectivity index is 0.000000202. The summed E-state index contributed by atoms with van der Waals surface area (Å²) in [4.78, 5) is 73.5. The summed E-state index contributed by atoms with van der Waals surface area (Å²) < 4.78 is 14.8. The average molecular weight is 1220 g/mol. The summed E-state index contributed by atoms with van der Waals surface area (Å²) in [7, 11) is 6.34. The lowest BCUT2D eigenvalue weighted by Gasteiger charge is -2.34. The number of hydrogen-bond acceptors (Lipinski definition) is 13. The van der Waals surface area contributed by atoms with Crippen LogP contribution in [0, 0.1) is 24.7 Å². The predicted octanol–water partition coefficient (Wildman–Crippen LogP) is 9.72. The Labute approximate surface area is 535 Å². The van der Waals surface area contributed by atoms with Gasteiger partial charge in [0, 0.05) is 92.1 Å². The van der Waals surface area contributed by atoms with E-state index in [9.17, 15) is 19.2 Å². The number of likely N-dealkylation sites (N-methyl/N-ethyl adjacent to an activating group) is 1. The van der Waals surface area contributed by atoms with Crippen LogP contribution in [0.4, 0.5) is 11.4 Å². The molecule has 0 spiro atoms. The summed E-state index contributed by atoms with van der Waals surface area (Å²) in [6, 6.07) is 43.0. The molecule has 17 nitrogen and oxygen atoms in total. The molecule has 8 aromatic rings. The summed E-state index contributed by atoms with van der Waals surface area (Å²) >= 11 is 0. The molecule has 1 aliphatic carbocycles. The van der Waals surface area contributed by atoms with E-state index < -0.39 is 0 Å². The van der Waals surface area contributed by atoms with E-state index in [0.717, 1.165) is 122 Å². The molecule has 0 unspecified atom stereocenters. The van der Waals surface area contributed by atoms with Gasteiger partial charge in [0.2, 0.25) is 11.8 Å². The van der Waals surface area contributed by atoms with Crippen molar-refractivity contribution in [3.05, 3.63) is 177 Å². The highest BCUT2D eigenvalue weighted by Gasteiger charge is 2.24. The molecule has 0 radical (unpaired) electrons. The van der Waals surface area contributed by atoms with Gasteiger partial charge in [-0.2, -0.15) is 9.97 Å². The van der Waals surface area contributed by atoms with E-state index in [-0.39, 0.29) is 36.4 Å². The summed E-state index contributed by atoms with van der Waals surface area (Å²) in [6.45, 7) is 16.7. The van der Waals surface area contributed by atoms with Gasteiger partial charge in [0.05, 0.1) is 42.1 Å². The minimum absolute atomic E-state index is 0.00362. The zero-order valence-electron chi connectivity index (χ0n) is 53.3. The number of rotatable bonds is 24. The van der Waals surface area contributed by atoms with Crippen molar-refractivity contribution in [1.29, 1.82) is 0 Å². The third-order valence-electron chi connectivity index (χ3n) is 17.1. The van der Waals surface area contributed by atoms with E-state index >= 15 is 0 Å². The largest absolute Gasteiger partial charge is 0.481 e. The normalized spacial score (nSPS) is 14.8. The average Bonchev–Trinajstić information content (AvgIpc) is 0.997. The molecule has 2 saturated heterocycles. The second kappa shape index (κ2) is 31.2. The number of nitrogens with one attached hydrogen (secondary N) is 2. The number of hydrogen-bond donors (Lipinski definition) is 2. The fourth-order valence-electron chi connectivity index (χ4n) is 11.9. The van der Waals surface area contributed by atoms with Gasteiger partial charge < -0.3 is 39.7 Å². The van der Waals surface area contributed by atoms with Crippen LogP contribution in [0.15, 0.2) is 143 Å². The van der Waals surface area contributed by atoms with Crippen molar-refractivity contribution in [2.75, 3.05) is 124 Å². The number of benzene rings is 6. The van der Waals surface area contributed by atoms with Crippen molar-refractivity contribution in [3.63, 3.8) is 0 Å². The van der Waals surface area contributed by atoms with Gasteiger partial charge in [-0.25, -0.2) is 9.59 Å². The fraction of sp³-hybridized carbons (Fsp3) is 0.378. The second-order valence-corrected chi connectivity index (χ2v) is 24.7. The van der Waals surface area contributed by atoms with E-state index in [0.29, 0.717) is 72.2 Å². The molecular formula is C74H85N11O6. The van der Waals surface area contributed by atoms with Gasteiger partial charge in [0.15, 0.2) is 0 Å². The Hall–Kier alpha value is -8.94. The number of carbonyl (C=O) groups excluding carboxylic acids is 2. The molecule has 2 N–H and O–H groups in total. The topological polar surface area (TPSA) is 163 Å². The van der Waals surface area contributed by atoms with Crippen LogP contribution in [0.3, 0.4) is 0 Å². The molecule has 6 aromatic carbocycles. The quantitative estimate of drug-likeness (QED) is 0.0551. The lowest BCUT2D eigenvalue weighted by molar-refractivity contribution is -0.118. The molecule has 2 aromatic heterocycles. The standard InChI is InChI=1S/C40H50N6O3.C34H35N5O3/c1-6-26-49-35-17-18-37-36(28-35)39(33-15-13-32(14-16-33)30(2)3)42-40(48)46(37)29-31-10-7-11-34(27-31)41-38(47)12-8-20-44-22-24-45(25-23-44)21-9-19-43(4)5;1-3-19-42-29-13-14-31-30(21-29)33(27-11-9-26(10-12-27)25-7-8-25)36-34(41)39(31)22-24-5-4-6-28(20-24)35-32(40)23-38-17-15-37(2)16-18-38/h1,7,10-11,13-18,27-28,30H,8-9,12,19-26,29H2,2-5H3,(H,41,47);1,4-6,9-14,20-21,25H,7-8,15-19,22-23H2,2H3,(H,35,40). The fourth-order valence-corrected chi connectivity index (χ4v) is 11.9. The van der Waals surface area contributed by atoms with E-state index in [1.807, 2.05) is 109 Å². The predicted molar refractivity (Wildman–Crippen MR) is 365 cm³/mol. The van der Waals surface area contributed by atoms with Crippen LogP contribution in [0.5, 0.6) is 11.5 Å².